The van der Waals surface area contributed by atoms with E-state index in [0.29, 0.717) is 25.3 Å². The van der Waals surface area contributed by atoms with Gasteiger partial charge >= 0.3 is 5.51 Å². The second-order valence-electron chi connectivity index (χ2n) is 10.6. The molecule has 3 aliphatic rings. The van der Waals surface area contributed by atoms with Gasteiger partial charge in [-0.15, -0.1) is 5.73 Å². The van der Waals surface area contributed by atoms with Crippen LogP contribution in [0, 0.1) is 0 Å². The summed E-state index contributed by atoms with van der Waals surface area (Å²) in [6.07, 6.45) is 19.5. The molecule has 2 aliphatic carbocycles. The molecular weight excluding hydrogens is 581 g/mol. The lowest BCUT2D eigenvalue weighted by atomic mass is 9.86. The summed E-state index contributed by atoms with van der Waals surface area (Å²) < 4.78 is 43.3. The predicted molar refractivity (Wildman–Crippen MR) is 179 cm³/mol. The van der Waals surface area contributed by atoms with Gasteiger partial charge in [-0.1, -0.05) is 62.4 Å². The lowest BCUT2D eigenvalue weighted by molar-refractivity contribution is -0.0382. The van der Waals surface area contributed by atoms with Gasteiger partial charge in [0.2, 0.25) is 0 Å². The number of aliphatic hydroxyl groups excluding tert-OH is 1. The lowest BCUT2D eigenvalue weighted by Gasteiger charge is -2.38. The summed E-state index contributed by atoms with van der Waals surface area (Å²) in [7, 11) is 0. The molecule has 1 aromatic carbocycles. The van der Waals surface area contributed by atoms with Crippen LogP contribution < -0.4 is 4.90 Å². The van der Waals surface area contributed by atoms with E-state index in [1.807, 2.05) is 38.2 Å². The Hall–Kier alpha value is -3.16. The van der Waals surface area contributed by atoms with E-state index in [2.05, 4.69) is 71.9 Å². The van der Waals surface area contributed by atoms with Gasteiger partial charge in [-0.05, 0) is 92.2 Å². The number of aliphatic hydroxyl groups is 1. The van der Waals surface area contributed by atoms with E-state index in [1.54, 1.807) is 12.2 Å². The molecule has 1 heterocycles. The van der Waals surface area contributed by atoms with Crippen LogP contribution in [0.5, 0.6) is 0 Å². The van der Waals surface area contributed by atoms with Crippen molar-refractivity contribution in [1.29, 1.82) is 0 Å². The molecule has 0 unspecified atom stereocenters. The maximum absolute atomic E-state index is 12.8. The first-order valence-electron chi connectivity index (χ1n) is 15.5. The molecule has 238 valence electrons. The van der Waals surface area contributed by atoms with Gasteiger partial charge in [0.1, 0.15) is 5.76 Å². The number of hydrogen-bond acceptors (Lipinski definition) is 5. The van der Waals surface area contributed by atoms with E-state index in [0.717, 1.165) is 60.5 Å². The van der Waals surface area contributed by atoms with Crippen LogP contribution in [0.1, 0.15) is 58.9 Å². The van der Waals surface area contributed by atoms with Crippen LogP contribution >= 0.6 is 12.0 Å². The van der Waals surface area contributed by atoms with E-state index in [4.69, 9.17) is 4.18 Å². The maximum Gasteiger partial charge on any atom is 0.479 e. The minimum atomic E-state index is -4.49. The van der Waals surface area contributed by atoms with Gasteiger partial charge in [-0.2, -0.15) is 13.2 Å². The van der Waals surface area contributed by atoms with Crippen molar-refractivity contribution >= 4 is 23.3 Å². The average Bonchev–Trinajstić information content (AvgIpc) is 3.25. The third-order valence-electron chi connectivity index (χ3n) is 7.41. The lowest BCUT2D eigenvalue weighted by Crippen LogP contribution is -2.48. The minimum Gasteiger partial charge on any atom is -0.417 e. The third kappa shape index (κ3) is 10.8. The van der Waals surface area contributed by atoms with Crippen LogP contribution in [0.15, 0.2) is 107 Å². The Morgan fingerprint density at radius 2 is 1.70 bits per heavy atom. The third-order valence-corrected chi connectivity index (χ3v) is 7.88. The van der Waals surface area contributed by atoms with Gasteiger partial charge in [0.25, 0.3) is 0 Å². The fourth-order valence-electron chi connectivity index (χ4n) is 5.24. The van der Waals surface area contributed by atoms with Crippen LogP contribution in [-0.2, 0) is 4.18 Å². The number of halogens is 3. The first kappa shape index (κ1) is 35.3. The zero-order valence-corrected chi connectivity index (χ0v) is 27.1. The van der Waals surface area contributed by atoms with Crippen molar-refractivity contribution in [3.63, 3.8) is 0 Å². The molecule has 44 heavy (non-hydrogen) atoms. The number of nitrogens with zero attached hydrogens (tertiary/aromatic N) is 2. The fourth-order valence-corrected chi connectivity index (χ4v) is 5.55. The molecule has 0 aromatic heterocycles. The first-order chi connectivity index (χ1) is 21.2. The molecule has 8 heteroatoms. The molecule has 0 saturated carbocycles. The fraction of sp³-hybridized carbons (Fsp3) is 0.417. The Balaban J connectivity index is 0.00000259. The second-order valence-corrected chi connectivity index (χ2v) is 11.4. The zero-order valence-electron chi connectivity index (χ0n) is 26.2. The Morgan fingerprint density at radius 1 is 0.977 bits per heavy atom. The molecule has 0 spiro atoms. The Labute approximate surface area is 265 Å². The highest BCUT2D eigenvalue weighted by atomic mass is 32.2. The van der Waals surface area contributed by atoms with Crippen LogP contribution in [0.3, 0.4) is 0 Å². The van der Waals surface area contributed by atoms with Crippen molar-refractivity contribution in [2.24, 2.45) is 0 Å². The van der Waals surface area contributed by atoms with E-state index in [9.17, 15) is 18.3 Å². The van der Waals surface area contributed by atoms with Crippen molar-refractivity contribution < 1.29 is 22.5 Å². The first-order valence-corrected chi connectivity index (χ1v) is 16.2. The molecule has 0 bridgehead atoms. The van der Waals surface area contributed by atoms with Gasteiger partial charge in [0.05, 0.1) is 0 Å². The van der Waals surface area contributed by atoms with E-state index in [1.165, 1.54) is 5.69 Å². The second kappa shape index (κ2) is 18.0. The molecule has 0 amide bonds. The van der Waals surface area contributed by atoms with Crippen LogP contribution in [-0.4, -0.2) is 54.3 Å². The van der Waals surface area contributed by atoms with Gasteiger partial charge in [0.15, 0.2) is 12.0 Å². The number of allylic oxidation sites excluding steroid dienone is 12. The van der Waals surface area contributed by atoms with Crippen molar-refractivity contribution in [2.45, 2.75) is 64.9 Å². The Bertz CT molecular complexity index is 1320. The van der Waals surface area contributed by atoms with Gasteiger partial charge in [-0.3, -0.25) is 4.90 Å². The number of alkyl halides is 3. The summed E-state index contributed by atoms with van der Waals surface area (Å²) in [4.78, 5) is 4.90. The van der Waals surface area contributed by atoms with Crippen LogP contribution in [0.2, 0.25) is 0 Å². The number of hydrogen-bond donors (Lipinski definition) is 1. The zero-order chi connectivity index (χ0) is 32.0. The SMILES string of the molecule is CC.CC(C)N1CCN(c2ccc(/C(C3=CCC=C(OSC(F)(F)F)C=C3)=C(/CCCO)C3=C=C/C=C\C/C=C\3)cc2)CC1. The van der Waals surface area contributed by atoms with E-state index < -0.39 is 17.6 Å². The molecule has 0 atom stereocenters. The molecule has 4 nitrogen and oxygen atoms in total. The summed E-state index contributed by atoms with van der Waals surface area (Å²) in [6.45, 7) is 12.5. The molecule has 0 radical (unpaired) electrons. The summed E-state index contributed by atoms with van der Waals surface area (Å²) in [6, 6.07) is 9.09. The van der Waals surface area contributed by atoms with E-state index >= 15 is 0 Å². The molecule has 1 aliphatic heterocycles. The van der Waals surface area contributed by atoms with Gasteiger partial charge in [0, 0.05) is 50.1 Å². The monoisotopic (exact) mass is 626 g/mol. The Morgan fingerprint density at radius 3 is 2.36 bits per heavy atom. The summed E-state index contributed by atoms with van der Waals surface area (Å²) >= 11 is -0.508. The van der Waals surface area contributed by atoms with Gasteiger partial charge in [-0.25, -0.2) is 0 Å². The van der Waals surface area contributed by atoms with Gasteiger partial charge < -0.3 is 14.2 Å². The molecule has 1 fully saturated rings. The predicted octanol–water partition coefficient (Wildman–Crippen LogP) is 9.32. The highest BCUT2D eigenvalue weighted by Crippen LogP contribution is 2.38. The van der Waals surface area contributed by atoms with Crippen LogP contribution in [0.4, 0.5) is 18.9 Å². The maximum atomic E-state index is 12.8. The standard InChI is InChI=1S/C34H39F3N2O2S.C2H6/c1-26(2)38-21-23-39(24-22-38)30-18-15-29(16-19-30)33(28-12-8-13-31(20-17-28)41-42-34(35,36)37)32(14-9-25-40)27-10-6-4-3-5-7-11-27;1-2/h3-4,6-7,11-13,15-20,26,40H,5,8-9,14,21-25H2,1-2H3;1-2H3/b4-3-,11-7-,33-32-;. The number of benzene rings is 1. The highest BCUT2D eigenvalue weighted by molar-refractivity contribution is 7.95. The largest absolute Gasteiger partial charge is 0.479 e. The molecule has 1 saturated heterocycles. The van der Waals surface area contributed by atoms with Crippen LogP contribution in [0.25, 0.3) is 5.57 Å². The normalized spacial score (nSPS) is 19.4. The smallest absolute Gasteiger partial charge is 0.417 e. The minimum absolute atomic E-state index is 0.0434. The molecular formula is C36H45F3N2O2S. The van der Waals surface area contributed by atoms with Crippen molar-refractivity contribution in [1.82, 2.24) is 4.90 Å². The topological polar surface area (TPSA) is 35.9 Å². The quantitative estimate of drug-likeness (QED) is 0.207. The number of rotatable bonds is 10. The molecule has 1 aromatic rings. The highest BCUT2D eigenvalue weighted by Gasteiger charge is 2.31. The summed E-state index contributed by atoms with van der Waals surface area (Å²) in [5, 5.41) is 9.77. The average molecular weight is 627 g/mol. The molecule has 1 N–H and O–H groups in total. The van der Waals surface area contributed by atoms with Crippen molar-refractivity contribution in [3.8, 4) is 0 Å². The van der Waals surface area contributed by atoms with Crippen molar-refractivity contribution in [2.75, 3.05) is 37.7 Å². The summed E-state index contributed by atoms with van der Waals surface area (Å²) in [5.74, 6) is 0.158. The number of piperazine rings is 1. The van der Waals surface area contributed by atoms with Crippen molar-refractivity contribution in [3.05, 3.63) is 113 Å². The summed E-state index contributed by atoms with van der Waals surface area (Å²) in [5.41, 5.74) is 4.89. The van der Waals surface area contributed by atoms with E-state index in [-0.39, 0.29) is 12.4 Å². The number of anilines is 1. The molecule has 4 rings (SSSR count). The Kier molecular flexibility index (Phi) is 14.4.